The molecule has 0 saturated heterocycles. The average molecular weight is 282 g/mol. The minimum atomic E-state index is -1.20. The maximum atomic E-state index is 12.2. The first-order valence-corrected chi connectivity index (χ1v) is 7.15. The van der Waals surface area contributed by atoms with Crippen molar-refractivity contribution in [1.29, 1.82) is 0 Å². The molecule has 20 heavy (non-hydrogen) atoms. The summed E-state index contributed by atoms with van der Waals surface area (Å²) in [5.41, 5.74) is -1.20. The molecule has 0 aromatic carbocycles. The number of carbonyl (C=O) groups excluding carboxylic acids is 1. The summed E-state index contributed by atoms with van der Waals surface area (Å²) < 4.78 is 0. The Hall–Kier alpha value is -1.20. The maximum Gasteiger partial charge on any atom is 0.306 e. The van der Waals surface area contributed by atoms with E-state index in [9.17, 15) is 14.7 Å². The Labute approximate surface area is 118 Å². The first kappa shape index (κ1) is 15.2. The van der Waals surface area contributed by atoms with Gasteiger partial charge >= 0.3 is 5.97 Å². The van der Waals surface area contributed by atoms with E-state index in [2.05, 4.69) is 0 Å². The fraction of sp³-hybridized carbons (Fsp3) is 0.733. The van der Waals surface area contributed by atoms with Crippen LogP contribution in [0.2, 0.25) is 0 Å². The second kappa shape index (κ2) is 5.66. The van der Waals surface area contributed by atoms with Crippen LogP contribution in [0.25, 0.3) is 0 Å². The summed E-state index contributed by atoms with van der Waals surface area (Å²) in [6.45, 7) is 1.40. The van der Waals surface area contributed by atoms with Gasteiger partial charge in [0.05, 0.1) is 17.4 Å². The van der Waals surface area contributed by atoms with Gasteiger partial charge in [0.15, 0.2) is 0 Å². The Balaban J connectivity index is 2.22. The van der Waals surface area contributed by atoms with Crippen LogP contribution < -0.4 is 0 Å². The van der Waals surface area contributed by atoms with Gasteiger partial charge in [0, 0.05) is 13.0 Å². The molecule has 5 heteroatoms. The number of hydrogen-bond acceptors (Lipinski definition) is 4. The lowest BCUT2D eigenvalue weighted by atomic mass is 9.60. The Bertz CT molecular complexity index is 426. The number of aliphatic hydroxyl groups is 2. The highest BCUT2D eigenvalue weighted by Gasteiger charge is 2.48. The summed E-state index contributed by atoms with van der Waals surface area (Å²) in [5.74, 6) is -1.82. The predicted molar refractivity (Wildman–Crippen MR) is 71.9 cm³/mol. The SMILES string of the molecule is CC1(O)C=CC2CC(C(=O)O)CCC2C1C(=O)CCO. The molecule has 112 valence electrons. The van der Waals surface area contributed by atoms with E-state index in [4.69, 9.17) is 10.2 Å². The molecule has 5 unspecified atom stereocenters. The fourth-order valence-corrected chi connectivity index (χ4v) is 3.77. The van der Waals surface area contributed by atoms with Crippen molar-refractivity contribution in [3.63, 3.8) is 0 Å². The summed E-state index contributed by atoms with van der Waals surface area (Å²) in [5, 5.41) is 28.5. The van der Waals surface area contributed by atoms with Crippen LogP contribution >= 0.6 is 0 Å². The van der Waals surface area contributed by atoms with Crippen molar-refractivity contribution in [2.75, 3.05) is 6.61 Å². The molecule has 2 aliphatic carbocycles. The Morgan fingerprint density at radius 3 is 2.65 bits per heavy atom. The molecular weight excluding hydrogens is 260 g/mol. The van der Waals surface area contributed by atoms with Crippen molar-refractivity contribution in [2.45, 2.75) is 38.2 Å². The number of carbonyl (C=O) groups is 2. The van der Waals surface area contributed by atoms with E-state index in [1.165, 1.54) is 0 Å². The molecule has 1 fully saturated rings. The van der Waals surface area contributed by atoms with Gasteiger partial charge in [0.1, 0.15) is 5.78 Å². The maximum absolute atomic E-state index is 12.2. The molecule has 0 spiro atoms. The normalized spacial score (nSPS) is 40.1. The lowest BCUT2D eigenvalue weighted by Crippen LogP contribution is -2.49. The number of Topliss-reactive ketones (excluding diaryl/α,β-unsaturated/α-hetero) is 1. The van der Waals surface area contributed by atoms with Crippen molar-refractivity contribution < 1.29 is 24.9 Å². The summed E-state index contributed by atoms with van der Waals surface area (Å²) in [4.78, 5) is 23.3. The summed E-state index contributed by atoms with van der Waals surface area (Å²) in [6.07, 6.45) is 5.23. The van der Waals surface area contributed by atoms with E-state index >= 15 is 0 Å². The topological polar surface area (TPSA) is 94.8 Å². The molecule has 2 rings (SSSR count). The van der Waals surface area contributed by atoms with Gasteiger partial charge in [-0.3, -0.25) is 9.59 Å². The van der Waals surface area contributed by atoms with Crippen molar-refractivity contribution in [2.24, 2.45) is 23.7 Å². The number of aliphatic hydroxyl groups excluding tert-OH is 1. The molecule has 5 nitrogen and oxygen atoms in total. The molecule has 0 amide bonds. The van der Waals surface area contributed by atoms with Crippen LogP contribution in [0, 0.1) is 23.7 Å². The van der Waals surface area contributed by atoms with Gasteiger partial charge in [0.2, 0.25) is 0 Å². The van der Waals surface area contributed by atoms with E-state index < -0.39 is 17.5 Å². The minimum absolute atomic E-state index is 0.0235. The number of ketones is 1. The van der Waals surface area contributed by atoms with Gasteiger partial charge in [-0.15, -0.1) is 0 Å². The third-order valence-corrected chi connectivity index (χ3v) is 4.75. The molecule has 0 radical (unpaired) electrons. The van der Waals surface area contributed by atoms with Crippen molar-refractivity contribution in [3.8, 4) is 0 Å². The van der Waals surface area contributed by atoms with Crippen molar-refractivity contribution in [1.82, 2.24) is 0 Å². The zero-order chi connectivity index (χ0) is 14.9. The number of fused-ring (bicyclic) bond motifs is 1. The van der Waals surface area contributed by atoms with Crippen LogP contribution in [0.5, 0.6) is 0 Å². The van der Waals surface area contributed by atoms with Gasteiger partial charge in [-0.25, -0.2) is 0 Å². The summed E-state index contributed by atoms with van der Waals surface area (Å²) >= 11 is 0. The molecule has 2 aliphatic rings. The fourth-order valence-electron chi connectivity index (χ4n) is 3.77. The van der Waals surface area contributed by atoms with Gasteiger partial charge in [-0.05, 0) is 38.0 Å². The third-order valence-electron chi connectivity index (χ3n) is 4.75. The highest BCUT2D eigenvalue weighted by molar-refractivity contribution is 5.83. The largest absolute Gasteiger partial charge is 0.481 e. The lowest BCUT2D eigenvalue weighted by Gasteiger charge is -2.45. The number of carboxylic acid groups (broad SMARTS) is 1. The van der Waals surface area contributed by atoms with Crippen LogP contribution in [-0.4, -0.2) is 39.3 Å². The smallest absolute Gasteiger partial charge is 0.306 e. The molecular formula is C15H22O5. The predicted octanol–water partition coefficient (Wildman–Crippen LogP) is 0.992. The Morgan fingerprint density at radius 1 is 1.35 bits per heavy atom. The standard InChI is InChI=1S/C15H22O5/c1-15(20)6-4-9-8-10(14(18)19)2-3-11(9)13(15)12(17)5-7-16/h4,6,9-11,13,16,20H,2-3,5,7-8H2,1H3,(H,18,19). The number of aliphatic carboxylic acids is 1. The zero-order valence-electron chi connectivity index (χ0n) is 11.7. The van der Waals surface area contributed by atoms with Crippen molar-refractivity contribution in [3.05, 3.63) is 12.2 Å². The molecule has 1 saturated carbocycles. The van der Waals surface area contributed by atoms with Crippen LogP contribution in [0.15, 0.2) is 12.2 Å². The molecule has 0 heterocycles. The summed E-state index contributed by atoms with van der Waals surface area (Å²) in [7, 11) is 0. The highest BCUT2D eigenvalue weighted by atomic mass is 16.4. The monoisotopic (exact) mass is 282 g/mol. The van der Waals surface area contributed by atoms with E-state index in [1.807, 2.05) is 6.08 Å². The molecule has 0 aliphatic heterocycles. The van der Waals surface area contributed by atoms with Gasteiger partial charge in [0.25, 0.3) is 0 Å². The molecule has 0 aromatic heterocycles. The quantitative estimate of drug-likeness (QED) is 0.668. The van der Waals surface area contributed by atoms with Gasteiger partial charge in [-0.1, -0.05) is 12.2 Å². The van der Waals surface area contributed by atoms with E-state index in [-0.39, 0.29) is 36.6 Å². The Morgan fingerprint density at radius 2 is 2.05 bits per heavy atom. The number of carboxylic acids is 1. The van der Waals surface area contributed by atoms with E-state index in [0.717, 1.165) is 0 Å². The average Bonchev–Trinajstić information content (AvgIpc) is 2.37. The number of hydrogen-bond donors (Lipinski definition) is 3. The number of allylic oxidation sites excluding steroid dienone is 1. The molecule has 5 atom stereocenters. The summed E-state index contributed by atoms with van der Waals surface area (Å²) in [6, 6.07) is 0. The van der Waals surface area contributed by atoms with Crippen molar-refractivity contribution >= 4 is 11.8 Å². The lowest BCUT2D eigenvalue weighted by molar-refractivity contribution is -0.145. The van der Waals surface area contributed by atoms with Crippen LogP contribution in [0.3, 0.4) is 0 Å². The van der Waals surface area contributed by atoms with Gasteiger partial charge in [-0.2, -0.15) is 0 Å². The van der Waals surface area contributed by atoms with Crippen LogP contribution in [0.1, 0.15) is 32.6 Å². The first-order valence-electron chi connectivity index (χ1n) is 7.15. The van der Waals surface area contributed by atoms with Crippen LogP contribution in [0.4, 0.5) is 0 Å². The molecule has 0 aromatic rings. The minimum Gasteiger partial charge on any atom is -0.481 e. The second-order valence-corrected chi connectivity index (χ2v) is 6.18. The van der Waals surface area contributed by atoms with Crippen LogP contribution in [-0.2, 0) is 9.59 Å². The highest BCUT2D eigenvalue weighted by Crippen LogP contribution is 2.46. The second-order valence-electron chi connectivity index (χ2n) is 6.18. The first-order chi connectivity index (χ1) is 9.36. The van der Waals surface area contributed by atoms with E-state index in [1.54, 1.807) is 13.0 Å². The van der Waals surface area contributed by atoms with E-state index in [0.29, 0.717) is 19.3 Å². The zero-order valence-corrected chi connectivity index (χ0v) is 11.7. The molecule has 0 bridgehead atoms. The Kier molecular flexibility index (Phi) is 4.30. The van der Waals surface area contributed by atoms with Gasteiger partial charge < -0.3 is 15.3 Å². The molecule has 3 N–H and O–H groups in total. The third kappa shape index (κ3) is 2.79. The number of rotatable bonds is 4.